The summed E-state index contributed by atoms with van der Waals surface area (Å²) in [6, 6.07) is 0. The van der Waals surface area contributed by atoms with Gasteiger partial charge in [0, 0.05) is 5.57 Å². The van der Waals surface area contributed by atoms with Crippen molar-refractivity contribution in [2.45, 2.75) is 129 Å². The van der Waals surface area contributed by atoms with Crippen LogP contribution in [-0.2, 0) is 14.3 Å². The van der Waals surface area contributed by atoms with Crippen LogP contribution in [0.15, 0.2) is 12.2 Å². The van der Waals surface area contributed by atoms with Gasteiger partial charge in [0.15, 0.2) is 0 Å². The van der Waals surface area contributed by atoms with E-state index in [0.717, 1.165) is 19.5 Å². The smallest absolute Gasteiger partial charge is 0.333 e. The average Bonchev–Trinajstić information content (AvgIpc) is 3.64. The number of ether oxygens (including phenoxy) is 2. The van der Waals surface area contributed by atoms with Crippen molar-refractivity contribution in [1.82, 2.24) is 5.32 Å². The van der Waals surface area contributed by atoms with E-state index in [0.29, 0.717) is 18.8 Å². The third-order valence-electron chi connectivity index (χ3n) is 5.92. The summed E-state index contributed by atoms with van der Waals surface area (Å²) >= 11 is 0. The van der Waals surface area contributed by atoms with Gasteiger partial charge in [0.05, 0.1) is 6.61 Å². The molecule has 0 aromatic rings. The zero-order valence-electron chi connectivity index (χ0n) is 22.1. The molecule has 0 amide bonds. The summed E-state index contributed by atoms with van der Waals surface area (Å²) < 4.78 is 9.60. The molecule has 1 heterocycles. The van der Waals surface area contributed by atoms with E-state index in [-0.39, 0.29) is 12.1 Å². The minimum Gasteiger partial charge on any atom is -0.459 e. The van der Waals surface area contributed by atoms with Crippen LogP contribution in [0.3, 0.4) is 0 Å². The van der Waals surface area contributed by atoms with Crippen molar-refractivity contribution in [3.8, 4) is 0 Å². The van der Waals surface area contributed by atoms with Crippen molar-refractivity contribution >= 4 is 5.97 Å². The van der Waals surface area contributed by atoms with Gasteiger partial charge < -0.3 is 20.5 Å². The predicted octanol–water partition coefficient (Wildman–Crippen LogP) is 6.69. The zero-order chi connectivity index (χ0) is 24.4. The van der Waals surface area contributed by atoms with Crippen LogP contribution in [0.2, 0.25) is 0 Å². The van der Waals surface area contributed by atoms with E-state index in [1.165, 1.54) is 109 Å². The molecular weight excluding hydrogens is 412 g/mol. The van der Waals surface area contributed by atoms with Gasteiger partial charge in [-0.05, 0) is 39.4 Å². The maximum atomic E-state index is 10.7. The Balaban J connectivity index is 0.000000843. The molecule has 0 aromatic carbocycles. The van der Waals surface area contributed by atoms with Crippen molar-refractivity contribution in [3.63, 3.8) is 0 Å². The zero-order valence-corrected chi connectivity index (χ0v) is 22.1. The second kappa shape index (κ2) is 25.7. The van der Waals surface area contributed by atoms with Crippen LogP contribution in [0.1, 0.15) is 123 Å². The maximum absolute atomic E-state index is 10.7. The summed E-state index contributed by atoms with van der Waals surface area (Å²) in [5, 5.41) is 3.46. The third-order valence-corrected chi connectivity index (χ3v) is 5.92. The lowest BCUT2D eigenvalue weighted by atomic mass is 10.0. The molecule has 0 aromatic heterocycles. The molecule has 0 aliphatic carbocycles. The summed E-state index contributed by atoms with van der Waals surface area (Å²) in [4.78, 5) is 10.7. The minimum absolute atomic E-state index is 0.142. The molecule has 33 heavy (non-hydrogen) atoms. The molecule has 1 unspecified atom stereocenters. The van der Waals surface area contributed by atoms with Crippen molar-refractivity contribution < 1.29 is 14.3 Å². The second-order valence-electron chi connectivity index (χ2n) is 9.53. The number of epoxide rings is 1. The first-order chi connectivity index (χ1) is 16.1. The summed E-state index contributed by atoms with van der Waals surface area (Å²) in [7, 11) is 0. The Morgan fingerprint density at radius 1 is 0.848 bits per heavy atom. The number of carbonyl (C=O) groups excluding carboxylic acids is 1. The lowest BCUT2D eigenvalue weighted by molar-refractivity contribution is -0.139. The number of unbranched alkanes of at least 4 members (excludes halogenated alkanes) is 15. The van der Waals surface area contributed by atoms with E-state index in [9.17, 15) is 4.79 Å². The monoisotopic (exact) mass is 468 g/mol. The number of carbonyl (C=O) groups is 1. The van der Waals surface area contributed by atoms with Gasteiger partial charge in [-0.15, -0.1) is 0 Å². The van der Waals surface area contributed by atoms with Crippen LogP contribution < -0.4 is 11.1 Å². The molecule has 5 heteroatoms. The van der Waals surface area contributed by atoms with Gasteiger partial charge in [-0.3, -0.25) is 0 Å². The van der Waals surface area contributed by atoms with Gasteiger partial charge in [-0.1, -0.05) is 110 Å². The summed E-state index contributed by atoms with van der Waals surface area (Å²) in [6.45, 7) is 11.5. The highest BCUT2D eigenvalue weighted by molar-refractivity contribution is 5.86. The molecule has 1 fully saturated rings. The number of nitrogens with two attached hydrogens (primary N) is 1. The van der Waals surface area contributed by atoms with Gasteiger partial charge >= 0.3 is 5.97 Å². The Morgan fingerprint density at radius 2 is 1.27 bits per heavy atom. The Bertz CT molecular complexity index is 419. The van der Waals surface area contributed by atoms with Crippen LogP contribution in [0.5, 0.6) is 0 Å². The van der Waals surface area contributed by atoms with E-state index < -0.39 is 0 Å². The van der Waals surface area contributed by atoms with Gasteiger partial charge in [-0.2, -0.15) is 0 Å². The summed E-state index contributed by atoms with van der Waals surface area (Å²) in [5.74, 6) is -0.337. The molecular formula is C28H56N2O3. The fourth-order valence-electron chi connectivity index (χ4n) is 3.61. The maximum Gasteiger partial charge on any atom is 0.333 e. The number of hydrogen-bond acceptors (Lipinski definition) is 5. The quantitative estimate of drug-likeness (QED) is 0.0756. The third kappa shape index (κ3) is 27.2. The first-order valence-electron chi connectivity index (χ1n) is 14.0. The van der Waals surface area contributed by atoms with E-state index in [1.807, 2.05) is 0 Å². The van der Waals surface area contributed by atoms with Gasteiger partial charge in [0.25, 0.3) is 0 Å². The van der Waals surface area contributed by atoms with Crippen LogP contribution in [0.4, 0.5) is 0 Å². The normalized spacial score (nSPS) is 14.5. The van der Waals surface area contributed by atoms with E-state index in [4.69, 9.17) is 15.2 Å². The molecule has 1 atom stereocenters. The highest BCUT2D eigenvalue weighted by Gasteiger charge is 2.24. The van der Waals surface area contributed by atoms with Crippen molar-refractivity contribution in [3.05, 3.63) is 12.2 Å². The average molecular weight is 469 g/mol. The van der Waals surface area contributed by atoms with Crippen molar-refractivity contribution in [2.24, 2.45) is 5.73 Å². The molecule has 5 nitrogen and oxygen atoms in total. The molecule has 196 valence electrons. The topological polar surface area (TPSA) is 76.9 Å². The number of hydrogen-bond donors (Lipinski definition) is 2. The van der Waals surface area contributed by atoms with Gasteiger partial charge in [0.2, 0.25) is 0 Å². The molecule has 1 rings (SSSR count). The number of nitrogens with one attached hydrogen (secondary N) is 1. The Morgan fingerprint density at radius 3 is 1.67 bits per heavy atom. The molecule has 1 aliphatic rings. The van der Waals surface area contributed by atoms with E-state index in [1.54, 1.807) is 6.92 Å². The largest absolute Gasteiger partial charge is 0.459 e. The van der Waals surface area contributed by atoms with Crippen LogP contribution in [0.25, 0.3) is 0 Å². The number of rotatable bonds is 23. The Labute approximate surface area is 205 Å². The molecule has 0 bridgehead atoms. The number of esters is 1. The summed E-state index contributed by atoms with van der Waals surface area (Å²) in [6.07, 6.45) is 24.3. The highest BCUT2D eigenvalue weighted by Crippen LogP contribution is 2.13. The standard InChI is InChI=1S/C21H46N2.C7H10O3/c1-2-3-4-5-6-7-8-9-10-11-12-13-14-15-16-17-20-23-21-18-19-22;1-5(2)7(8)10-4-6-3-9-6/h23H,2-22H2,1H3;6H,1,3-4H2,2H3. The Kier molecular flexibility index (Phi) is 25.0. The first kappa shape index (κ1) is 32.1. The van der Waals surface area contributed by atoms with Gasteiger partial charge in [-0.25, -0.2) is 4.79 Å². The fraction of sp³-hybridized carbons (Fsp3) is 0.893. The second-order valence-corrected chi connectivity index (χ2v) is 9.53. The highest BCUT2D eigenvalue weighted by atomic mass is 16.6. The lowest BCUT2D eigenvalue weighted by Crippen LogP contribution is -2.19. The van der Waals surface area contributed by atoms with Gasteiger partial charge in [0.1, 0.15) is 12.7 Å². The summed E-state index contributed by atoms with van der Waals surface area (Å²) in [5.41, 5.74) is 5.90. The molecule has 1 saturated heterocycles. The lowest BCUT2D eigenvalue weighted by Gasteiger charge is -2.04. The first-order valence-corrected chi connectivity index (χ1v) is 14.0. The van der Waals surface area contributed by atoms with Crippen LogP contribution >= 0.6 is 0 Å². The van der Waals surface area contributed by atoms with Crippen molar-refractivity contribution in [1.29, 1.82) is 0 Å². The van der Waals surface area contributed by atoms with Crippen LogP contribution in [0, 0.1) is 0 Å². The van der Waals surface area contributed by atoms with Crippen molar-refractivity contribution in [2.75, 3.05) is 32.8 Å². The minimum atomic E-state index is -0.337. The molecule has 3 N–H and O–H groups in total. The molecule has 1 aliphatic heterocycles. The fourth-order valence-corrected chi connectivity index (χ4v) is 3.61. The SMILES string of the molecule is C=C(C)C(=O)OCC1CO1.CCCCCCCCCCCCCCCCCCNCCCN. The molecule has 0 radical (unpaired) electrons. The predicted molar refractivity (Wildman–Crippen MR) is 142 cm³/mol. The van der Waals surface area contributed by atoms with E-state index >= 15 is 0 Å². The molecule has 0 spiro atoms. The molecule has 0 saturated carbocycles. The van der Waals surface area contributed by atoms with Crippen LogP contribution in [-0.4, -0.2) is 44.9 Å². The van der Waals surface area contributed by atoms with E-state index in [2.05, 4.69) is 18.8 Å². The Hall–Kier alpha value is -0.910.